The van der Waals surface area contributed by atoms with Crippen LogP contribution in [0, 0.1) is 0 Å². The summed E-state index contributed by atoms with van der Waals surface area (Å²) in [6, 6.07) is 11.1. The number of carboxylic acids is 2. The van der Waals surface area contributed by atoms with Gasteiger partial charge in [-0.15, -0.1) is 0 Å². The van der Waals surface area contributed by atoms with Crippen molar-refractivity contribution in [2.75, 3.05) is 0 Å². The fraction of sp³-hybridized carbons (Fsp3) is 0. The summed E-state index contributed by atoms with van der Waals surface area (Å²) in [4.78, 5) is 20.4. The van der Waals surface area contributed by atoms with Gasteiger partial charge in [0.15, 0.2) is 0 Å². The minimum atomic E-state index is -1.18. The maximum Gasteiger partial charge on any atom is 1.00 e. The summed E-state index contributed by atoms with van der Waals surface area (Å²) < 4.78 is 0. The first-order chi connectivity index (χ1) is 9.43. The number of para-hydroxylation sites is 2. The minimum Gasteiger partial charge on any atom is -0.872 e. The topological polar surface area (TPSA) is 152 Å². The molecule has 2 rings (SSSR count). The molecule has 7 nitrogen and oxygen atoms in total. The van der Waals surface area contributed by atoms with Crippen molar-refractivity contribution >= 4 is 11.9 Å². The summed E-state index contributed by atoms with van der Waals surface area (Å²) in [6.07, 6.45) is 0. The Kier molecular flexibility index (Phi) is 14.3. The van der Waals surface area contributed by atoms with Crippen molar-refractivity contribution in [2.45, 2.75) is 0 Å². The molecular formula is C14H12Li2O7. The van der Waals surface area contributed by atoms with Crippen molar-refractivity contribution in [3.05, 3.63) is 59.7 Å². The number of rotatable bonds is 2. The number of carbonyl (C=O) groups is 2. The quantitative estimate of drug-likeness (QED) is 0.527. The molecule has 112 valence electrons. The van der Waals surface area contributed by atoms with Crippen LogP contribution < -0.4 is 47.9 Å². The monoisotopic (exact) mass is 306 g/mol. The molecule has 0 saturated heterocycles. The second kappa shape index (κ2) is 12.7. The number of carboxylic acid groups (broad SMARTS) is 2. The number of hydrogen-bond donors (Lipinski definition) is 2. The van der Waals surface area contributed by atoms with Gasteiger partial charge >= 0.3 is 49.7 Å². The van der Waals surface area contributed by atoms with E-state index in [9.17, 15) is 19.8 Å². The molecule has 0 bridgehead atoms. The Morgan fingerprint density at radius 3 is 1.13 bits per heavy atom. The predicted molar refractivity (Wildman–Crippen MR) is 69.3 cm³/mol. The summed E-state index contributed by atoms with van der Waals surface area (Å²) in [6.45, 7) is 0. The van der Waals surface area contributed by atoms with Gasteiger partial charge in [-0.05, 0) is 12.1 Å². The molecule has 23 heavy (non-hydrogen) atoms. The molecule has 0 atom stereocenters. The van der Waals surface area contributed by atoms with Gasteiger partial charge in [0.1, 0.15) is 0 Å². The Labute approximate surface area is 156 Å². The van der Waals surface area contributed by atoms with Gasteiger partial charge < -0.3 is 25.9 Å². The van der Waals surface area contributed by atoms with Crippen molar-refractivity contribution in [3.8, 4) is 11.5 Å². The van der Waals surface area contributed by atoms with Gasteiger partial charge in [-0.25, -0.2) is 9.59 Å². The third kappa shape index (κ3) is 8.37. The molecule has 0 fully saturated rings. The van der Waals surface area contributed by atoms with E-state index in [1.54, 1.807) is 0 Å². The molecule has 2 aromatic rings. The fourth-order valence-electron chi connectivity index (χ4n) is 1.29. The molecule has 2 aromatic carbocycles. The second-order valence-corrected chi connectivity index (χ2v) is 3.60. The molecule has 0 aliphatic rings. The van der Waals surface area contributed by atoms with Crippen LogP contribution in [0.1, 0.15) is 20.7 Å². The van der Waals surface area contributed by atoms with Crippen LogP contribution in [0.4, 0.5) is 0 Å². The van der Waals surface area contributed by atoms with E-state index in [1.807, 2.05) is 0 Å². The molecule has 0 heterocycles. The molecule has 9 heteroatoms. The molecule has 0 aromatic heterocycles. The number of aromatic carboxylic acids is 2. The van der Waals surface area contributed by atoms with E-state index in [4.69, 9.17) is 10.2 Å². The third-order valence-corrected chi connectivity index (χ3v) is 2.23. The van der Waals surface area contributed by atoms with Crippen LogP contribution in [0.25, 0.3) is 0 Å². The molecule has 4 N–H and O–H groups in total. The predicted octanol–water partition coefficient (Wildman–Crippen LogP) is -5.90. The van der Waals surface area contributed by atoms with Gasteiger partial charge in [0.05, 0.1) is 11.1 Å². The maximum atomic E-state index is 10.7. The van der Waals surface area contributed by atoms with Crippen LogP contribution in [0.2, 0.25) is 0 Å². The van der Waals surface area contributed by atoms with Crippen LogP contribution in [-0.4, -0.2) is 27.6 Å². The standard InChI is InChI=1S/2C7H6O3.2Li.H2O/c2*8-6-4-2-1-3-5(6)7(9)10;;;/h2*1-4,8H,(H,9,10);;;1H2/q;;2*+1;/p-2. The van der Waals surface area contributed by atoms with Gasteiger partial charge in [-0.1, -0.05) is 47.9 Å². The number of hydrogen-bond acceptors (Lipinski definition) is 4. The summed E-state index contributed by atoms with van der Waals surface area (Å²) in [5.41, 5.74) is -0.356. The molecule has 0 unspecified atom stereocenters. The Balaban J connectivity index is -0.000000308. The van der Waals surface area contributed by atoms with E-state index in [2.05, 4.69) is 0 Å². The van der Waals surface area contributed by atoms with Crippen LogP contribution in [0.15, 0.2) is 48.5 Å². The molecule has 0 aliphatic carbocycles. The van der Waals surface area contributed by atoms with E-state index in [1.165, 1.54) is 48.5 Å². The van der Waals surface area contributed by atoms with Gasteiger partial charge in [0, 0.05) is 0 Å². The van der Waals surface area contributed by atoms with Crippen LogP contribution in [-0.2, 0) is 0 Å². The minimum absolute atomic E-state index is 0. The average Bonchev–Trinajstić information content (AvgIpc) is 2.40. The van der Waals surface area contributed by atoms with Crippen molar-refractivity contribution in [1.29, 1.82) is 0 Å². The zero-order valence-electron chi connectivity index (χ0n) is 12.6. The zero-order chi connectivity index (χ0) is 15.1. The van der Waals surface area contributed by atoms with Crippen molar-refractivity contribution in [3.63, 3.8) is 0 Å². The Morgan fingerprint density at radius 2 is 0.957 bits per heavy atom. The maximum absolute atomic E-state index is 10.7. The molecule has 0 saturated carbocycles. The number of benzene rings is 2. The van der Waals surface area contributed by atoms with Gasteiger partial charge in [0.25, 0.3) is 0 Å². The summed E-state index contributed by atoms with van der Waals surface area (Å²) in [5.74, 6) is -3.25. The molecule has 0 amide bonds. The zero-order valence-corrected chi connectivity index (χ0v) is 12.6. The first kappa shape index (κ1) is 26.1. The largest absolute Gasteiger partial charge is 1.00 e. The van der Waals surface area contributed by atoms with Gasteiger partial charge in [-0.2, -0.15) is 0 Å². The first-order valence-electron chi connectivity index (χ1n) is 5.42. The van der Waals surface area contributed by atoms with Crippen LogP contribution in [0.3, 0.4) is 0 Å². The van der Waals surface area contributed by atoms with Crippen LogP contribution >= 0.6 is 0 Å². The van der Waals surface area contributed by atoms with Gasteiger partial charge in [-0.3, -0.25) is 0 Å². The molecular weight excluding hydrogens is 294 g/mol. The average molecular weight is 306 g/mol. The van der Waals surface area contributed by atoms with E-state index >= 15 is 0 Å². The third-order valence-electron chi connectivity index (χ3n) is 2.23. The Morgan fingerprint density at radius 1 is 0.696 bits per heavy atom. The van der Waals surface area contributed by atoms with Crippen molar-refractivity contribution < 1.29 is 73.2 Å². The van der Waals surface area contributed by atoms with Crippen molar-refractivity contribution in [2.24, 2.45) is 0 Å². The Bertz CT molecular complexity index is 577. The van der Waals surface area contributed by atoms with Gasteiger partial charge in [0.2, 0.25) is 0 Å². The summed E-state index contributed by atoms with van der Waals surface area (Å²) in [5, 5.41) is 38.1. The smallest absolute Gasteiger partial charge is 0.872 e. The van der Waals surface area contributed by atoms with Crippen molar-refractivity contribution in [1.82, 2.24) is 0 Å². The summed E-state index contributed by atoms with van der Waals surface area (Å²) in [7, 11) is 0. The molecule has 0 radical (unpaired) electrons. The molecule has 0 aliphatic heterocycles. The SMILES string of the molecule is O.O=C(O)c1ccccc1[O-].O=C(O)c1ccccc1[O-].[Li+].[Li+]. The first-order valence-corrected chi connectivity index (χ1v) is 5.42. The van der Waals surface area contributed by atoms with E-state index < -0.39 is 23.4 Å². The normalized spacial score (nSPS) is 8.00. The summed E-state index contributed by atoms with van der Waals surface area (Å²) >= 11 is 0. The molecule has 0 spiro atoms. The van der Waals surface area contributed by atoms with E-state index in [0.717, 1.165) is 0 Å². The van der Waals surface area contributed by atoms with Crippen LogP contribution in [0.5, 0.6) is 11.5 Å². The van der Waals surface area contributed by atoms with E-state index in [0.29, 0.717) is 0 Å². The second-order valence-electron chi connectivity index (χ2n) is 3.60. The Hall–Kier alpha value is -1.87. The fourth-order valence-corrected chi connectivity index (χ4v) is 1.29. The van der Waals surface area contributed by atoms with E-state index in [-0.39, 0.29) is 54.3 Å².